The van der Waals surface area contributed by atoms with Crippen LogP contribution in [0.1, 0.15) is 317 Å². The molecule has 0 saturated heterocycles. The maximum Gasteiger partial charge on any atom is 0.224 e. The predicted molar refractivity (Wildman–Crippen MR) is 423 cm³/mol. The summed E-state index contributed by atoms with van der Waals surface area (Å²) < 4.78 is 34.5. The number of carbonyl (C=O) groups is 2. The fourth-order valence-corrected chi connectivity index (χ4v) is 12.7. The minimum Gasteiger partial charge on any atom is -0.489 e. The topological polar surface area (TPSA) is 154 Å². The second-order valence-corrected chi connectivity index (χ2v) is 29.7. The monoisotopic (exact) mass is 1390 g/mol. The van der Waals surface area contributed by atoms with Crippen LogP contribution in [0, 0.1) is 23.7 Å². The van der Waals surface area contributed by atoms with Gasteiger partial charge in [-0.25, -0.2) is 0 Å². The first-order valence-corrected chi connectivity index (χ1v) is 40.5. The summed E-state index contributed by atoms with van der Waals surface area (Å²) in [6.07, 6.45) is 44.8. The number of benzene rings is 5. The number of rotatable bonds is 60. The van der Waals surface area contributed by atoms with Crippen LogP contribution < -0.4 is 34.3 Å². The fraction of sp³-hybridized carbons (Fsp3) is 0.636. The van der Waals surface area contributed by atoms with Gasteiger partial charge in [0.1, 0.15) is 24.7 Å². The van der Waals surface area contributed by atoms with Gasteiger partial charge >= 0.3 is 0 Å². The first kappa shape index (κ1) is 84.9. The highest BCUT2D eigenvalue weighted by Gasteiger charge is 2.25. The summed E-state index contributed by atoms with van der Waals surface area (Å²) in [5, 5.41) is 24.3. The number of unbranched alkanes of at least 4 members (excludes halogenated alkanes) is 27. The first-order valence-electron chi connectivity index (χ1n) is 40.5. The minimum absolute atomic E-state index is 0.0336. The molecule has 13 nitrogen and oxygen atoms in total. The molecule has 0 bridgehead atoms. The van der Waals surface area contributed by atoms with E-state index in [0.717, 1.165) is 86.7 Å². The highest BCUT2D eigenvalue weighted by Crippen LogP contribution is 2.45. The van der Waals surface area contributed by atoms with Gasteiger partial charge in [-0.05, 0) is 146 Å². The molecular weight excluding hydrogens is 1250 g/mol. The number of anilines is 2. The molecule has 101 heavy (non-hydrogen) atoms. The second-order valence-electron chi connectivity index (χ2n) is 29.7. The zero-order valence-electron chi connectivity index (χ0n) is 64.7. The van der Waals surface area contributed by atoms with Gasteiger partial charge < -0.3 is 34.3 Å². The van der Waals surface area contributed by atoms with Gasteiger partial charge in [0.2, 0.25) is 17.6 Å². The zero-order chi connectivity index (χ0) is 72.2. The van der Waals surface area contributed by atoms with E-state index in [1.807, 2.05) is 97.1 Å². The third-order valence-electron chi connectivity index (χ3n) is 18.9. The van der Waals surface area contributed by atoms with E-state index in [0.29, 0.717) is 108 Å². The van der Waals surface area contributed by atoms with Crippen molar-refractivity contribution < 1.29 is 33.3 Å². The lowest BCUT2D eigenvalue weighted by molar-refractivity contribution is -0.117. The Morgan fingerprint density at radius 2 is 0.584 bits per heavy atom. The average molecular weight is 1390 g/mol. The van der Waals surface area contributed by atoms with Crippen LogP contribution in [0.4, 0.5) is 34.1 Å². The Morgan fingerprint density at radius 3 is 0.871 bits per heavy atom. The molecule has 0 aliphatic carbocycles. The summed E-state index contributed by atoms with van der Waals surface area (Å²) in [5.74, 6) is 5.43. The molecule has 0 heterocycles. The van der Waals surface area contributed by atoms with Gasteiger partial charge in [0.15, 0.2) is 11.5 Å². The van der Waals surface area contributed by atoms with E-state index < -0.39 is 0 Å². The number of hydrogen-bond donors (Lipinski definition) is 2. The molecule has 5 aromatic rings. The lowest BCUT2D eigenvalue weighted by Crippen LogP contribution is -2.15. The Balaban J connectivity index is 1.38. The van der Waals surface area contributed by atoms with Gasteiger partial charge in [-0.1, -0.05) is 274 Å². The third kappa shape index (κ3) is 39.5. The molecule has 0 saturated carbocycles. The molecule has 5 aromatic carbocycles. The quantitative estimate of drug-likeness (QED) is 0.0290. The molecule has 0 unspecified atom stereocenters. The molecular formula is C88H136N6O7. The Kier molecular flexibility index (Phi) is 45.4. The van der Waals surface area contributed by atoms with Gasteiger partial charge in [-0.15, -0.1) is 0 Å². The van der Waals surface area contributed by atoms with Crippen LogP contribution in [-0.4, -0.2) is 31.6 Å². The van der Waals surface area contributed by atoms with Crippen LogP contribution in [-0.2, 0) is 22.8 Å². The number of nitrogens with one attached hydrogen (secondary N) is 2. The molecule has 2 N–H and O–H groups in total. The van der Waals surface area contributed by atoms with Crippen LogP contribution in [0.25, 0.3) is 0 Å². The molecule has 0 aromatic heterocycles. The largest absolute Gasteiger partial charge is 0.489 e. The molecule has 2 amide bonds. The molecule has 0 radical (unpaired) electrons. The maximum atomic E-state index is 12.8. The Morgan fingerprint density at radius 1 is 0.317 bits per heavy atom. The second kappa shape index (κ2) is 54.0. The van der Waals surface area contributed by atoms with Crippen molar-refractivity contribution in [3.8, 4) is 28.7 Å². The van der Waals surface area contributed by atoms with Gasteiger partial charge in [0, 0.05) is 35.3 Å². The van der Waals surface area contributed by atoms with Crippen molar-refractivity contribution in [1.82, 2.24) is 0 Å². The van der Waals surface area contributed by atoms with Crippen molar-refractivity contribution in [1.29, 1.82) is 0 Å². The van der Waals surface area contributed by atoms with Gasteiger partial charge in [-0.3, -0.25) is 9.59 Å². The van der Waals surface area contributed by atoms with Crippen molar-refractivity contribution in [2.24, 2.45) is 44.1 Å². The molecule has 0 fully saturated rings. The van der Waals surface area contributed by atoms with Gasteiger partial charge in [0.05, 0.1) is 42.6 Å². The van der Waals surface area contributed by atoms with Gasteiger partial charge in [0.25, 0.3) is 0 Å². The normalized spacial score (nSPS) is 12.2. The lowest BCUT2D eigenvalue weighted by atomic mass is 9.97. The van der Waals surface area contributed by atoms with E-state index in [1.165, 1.54) is 167 Å². The summed E-state index contributed by atoms with van der Waals surface area (Å²) in [6, 6.07) is 32.5. The maximum absolute atomic E-state index is 12.8. The van der Waals surface area contributed by atoms with E-state index in [1.54, 1.807) is 0 Å². The predicted octanol–water partition coefficient (Wildman–Crippen LogP) is 28.2. The summed E-state index contributed by atoms with van der Waals surface area (Å²) in [5.41, 5.74) is 5.95. The summed E-state index contributed by atoms with van der Waals surface area (Å²) in [7, 11) is 0. The smallest absolute Gasteiger partial charge is 0.224 e. The third-order valence-corrected chi connectivity index (χ3v) is 18.9. The van der Waals surface area contributed by atoms with Crippen molar-refractivity contribution in [3.63, 3.8) is 0 Å². The molecule has 0 spiro atoms. The average Bonchev–Trinajstić information content (AvgIpc) is 0.791. The number of amides is 2. The molecule has 560 valence electrons. The molecule has 0 aliphatic heterocycles. The highest BCUT2D eigenvalue weighted by molar-refractivity contribution is 5.91. The summed E-state index contributed by atoms with van der Waals surface area (Å²) in [4.78, 5) is 25.7. The number of hydrogen-bond acceptors (Lipinski definition) is 11. The fourth-order valence-electron chi connectivity index (χ4n) is 12.7. The Hall–Kier alpha value is -6.76. The Bertz CT molecular complexity index is 2800. The molecule has 13 heteroatoms. The molecule has 5 rings (SSSR count). The number of carbonyl (C=O) groups excluding carboxylic acids is 2. The van der Waals surface area contributed by atoms with Crippen molar-refractivity contribution >= 4 is 45.9 Å². The summed E-state index contributed by atoms with van der Waals surface area (Å²) >= 11 is 0. The van der Waals surface area contributed by atoms with Crippen LogP contribution >= 0.6 is 0 Å². The SMILES string of the molecule is CCCCCCCCCCCCOc1c(COc2ccc(N=Nc3ccc(NC(=O)C[C@H](C)CCCC(C)C)cc3)cc2)cc(COc2ccc(N=Nc3ccc(NC(=O)C[C@H](C)CCCC(C)C)cc3)cc2)c(OCCCCCCCCCCCC)c1OCCCCCCCCCCCC. The van der Waals surface area contributed by atoms with E-state index >= 15 is 0 Å². The van der Waals surface area contributed by atoms with Crippen LogP contribution in [0.5, 0.6) is 28.7 Å². The van der Waals surface area contributed by atoms with E-state index in [-0.39, 0.29) is 25.0 Å². The van der Waals surface area contributed by atoms with E-state index in [2.05, 4.69) is 99.5 Å². The van der Waals surface area contributed by atoms with Crippen LogP contribution in [0.15, 0.2) is 124 Å². The molecule has 0 aliphatic rings. The molecule has 2 atom stereocenters. The van der Waals surface area contributed by atoms with Crippen molar-refractivity contribution in [3.05, 3.63) is 114 Å². The summed E-state index contributed by atoms with van der Waals surface area (Å²) in [6.45, 7) is 22.2. The van der Waals surface area contributed by atoms with E-state index in [4.69, 9.17) is 23.7 Å². The number of azo groups is 2. The van der Waals surface area contributed by atoms with Crippen molar-refractivity contribution in [2.75, 3.05) is 30.5 Å². The standard InChI is InChI=1S/C88H136N6O7/c1-10-13-16-19-22-25-28-31-34-37-62-97-86-74(68-100-82-58-54-80(55-59-82)93-91-78-50-46-76(47-51-78)89-84(95)65-72(8)44-40-42-70(4)5)67-75(87(98-63-38-35-32-29-26-23-20-17-14-11-2)88(86)99-64-39-36-33-30-27-24-21-18-15-12-3)69-101-83-60-56-81(57-61-83)94-92-79-52-48-77(49-53-79)90-85(96)66-73(9)45-41-43-71(6)7/h46-61,67,70-73H,10-45,62-66,68-69H2,1-9H3,(H,89,95)(H,90,96)/t72-,73-/m1/s1. The number of ether oxygens (including phenoxy) is 5. The van der Waals surface area contributed by atoms with Crippen molar-refractivity contribution in [2.45, 2.75) is 320 Å². The van der Waals surface area contributed by atoms with Gasteiger partial charge in [-0.2, -0.15) is 20.5 Å². The van der Waals surface area contributed by atoms with Crippen LogP contribution in [0.3, 0.4) is 0 Å². The lowest BCUT2D eigenvalue weighted by Gasteiger charge is -2.23. The first-order chi connectivity index (χ1) is 49.3. The minimum atomic E-state index is 0.0336. The Labute approximate surface area is 613 Å². The zero-order valence-corrected chi connectivity index (χ0v) is 64.7. The highest BCUT2D eigenvalue weighted by atomic mass is 16.5. The van der Waals surface area contributed by atoms with E-state index in [9.17, 15) is 9.59 Å². The van der Waals surface area contributed by atoms with Crippen LogP contribution in [0.2, 0.25) is 0 Å². The number of nitrogens with zero attached hydrogens (tertiary/aromatic N) is 4.